The van der Waals surface area contributed by atoms with Gasteiger partial charge < -0.3 is 14.8 Å². The molecule has 1 aliphatic heterocycles. The summed E-state index contributed by atoms with van der Waals surface area (Å²) in [6.07, 6.45) is 14.6. The number of amides is 1. The Labute approximate surface area is 178 Å². The van der Waals surface area contributed by atoms with Crippen molar-refractivity contribution in [3.05, 3.63) is 11.6 Å². The Kier molecular flexibility index (Phi) is 8.07. The van der Waals surface area contributed by atoms with Crippen molar-refractivity contribution in [3.8, 4) is 0 Å². The van der Waals surface area contributed by atoms with Crippen LogP contribution in [0, 0.1) is 23.2 Å². The van der Waals surface area contributed by atoms with Crippen molar-refractivity contribution in [3.63, 3.8) is 0 Å². The number of carbonyl (C=O) groups excluding carboxylic acids is 1. The van der Waals surface area contributed by atoms with Crippen LogP contribution in [0.4, 0.5) is 4.79 Å². The fraction of sp³-hybridized carbons (Fsp3) is 0.880. The van der Waals surface area contributed by atoms with Gasteiger partial charge in [-0.15, -0.1) is 0 Å². The Morgan fingerprint density at radius 3 is 2.69 bits per heavy atom. The Morgan fingerprint density at radius 1 is 1.21 bits per heavy atom. The molecule has 0 radical (unpaired) electrons. The third-order valence-corrected chi connectivity index (χ3v) is 8.10. The van der Waals surface area contributed by atoms with E-state index in [1.165, 1.54) is 50.5 Å². The molecule has 1 N–H and O–H groups in total. The van der Waals surface area contributed by atoms with Crippen molar-refractivity contribution in [1.82, 2.24) is 5.32 Å². The molecule has 29 heavy (non-hydrogen) atoms. The fourth-order valence-corrected chi connectivity index (χ4v) is 6.08. The van der Waals surface area contributed by atoms with Gasteiger partial charge in [0.1, 0.15) is 6.61 Å². The highest BCUT2D eigenvalue weighted by Gasteiger charge is 2.54. The molecule has 1 saturated carbocycles. The number of rotatable bonds is 8. The van der Waals surface area contributed by atoms with E-state index < -0.39 is 0 Å². The highest BCUT2D eigenvalue weighted by Crippen LogP contribution is 2.53. The normalized spacial score (nSPS) is 35.1. The lowest BCUT2D eigenvalue weighted by Gasteiger charge is -2.55. The molecule has 166 valence electrons. The van der Waals surface area contributed by atoms with Gasteiger partial charge >= 0.3 is 6.09 Å². The van der Waals surface area contributed by atoms with Crippen molar-refractivity contribution in [2.75, 3.05) is 13.2 Å². The molecule has 2 bridgehead atoms. The third-order valence-electron chi connectivity index (χ3n) is 8.10. The van der Waals surface area contributed by atoms with Crippen LogP contribution in [0.2, 0.25) is 0 Å². The van der Waals surface area contributed by atoms with Gasteiger partial charge in [-0.3, -0.25) is 0 Å². The zero-order valence-corrected chi connectivity index (χ0v) is 19.2. The molecule has 0 unspecified atom stereocenters. The molecular weight excluding hydrogens is 362 g/mol. The number of unbranched alkanes of at least 4 members (excludes halogenated alkanes) is 3. The van der Waals surface area contributed by atoms with Crippen LogP contribution in [-0.2, 0) is 9.47 Å². The summed E-state index contributed by atoms with van der Waals surface area (Å²) in [6.45, 7) is 10.3. The van der Waals surface area contributed by atoms with E-state index in [4.69, 9.17) is 9.47 Å². The minimum atomic E-state index is -0.241. The molecule has 0 aromatic rings. The maximum atomic E-state index is 12.5. The van der Waals surface area contributed by atoms with Gasteiger partial charge in [-0.05, 0) is 38.0 Å². The van der Waals surface area contributed by atoms with Crippen LogP contribution in [0.3, 0.4) is 0 Å². The summed E-state index contributed by atoms with van der Waals surface area (Å²) >= 11 is 0. The van der Waals surface area contributed by atoms with Gasteiger partial charge in [0.15, 0.2) is 0 Å². The molecule has 0 spiro atoms. The number of hydrogen-bond acceptors (Lipinski definition) is 3. The number of fused-ring (bicyclic) bond motifs is 2. The molecule has 4 heteroatoms. The monoisotopic (exact) mass is 405 g/mol. The molecule has 5 atom stereocenters. The van der Waals surface area contributed by atoms with Crippen LogP contribution >= 0.6 is 0 Å². The van der Waals surface area contributed by atoms with E-state index in [2.05, 4.69) is 39.1 Å². The van der Waals surface area contributed by atoms with Crippen LogP contribution in [0.15, 0.2) is 11.6 Å². The summed E-state index contributed by atoms with van der Waals surface area (Å²) in [5.74, 6) is 1.28. The average Bonchev–Trinajstić information content (AvgIpc) is 2.70. The topological polar surface area (TPSA) is 47.6 Å². The number of ether oxygens (including phenoxy) is 2. The van der Waals surface area contributed by atoms with Gasteiger partial charge in [-0.2, -0.15) is 0 Å². The Balaban J connectivity index is 1.60. The smallest absolute Gasteiger partial charge is 0.407 e. The molecular formula is C25H43NO3. The summed E-state index contributed by atoms with van der Waals surface area (Å²) < 4.78 is 12.3. The molecule has 0 aromatic heterocycles. The van der Waals surface area contributed by atoms with Gasteiger partial charge in [-0.1, -0.05) is 77.4 Å². The molecule has 1 amide bonds. The largest absolute Gasteiger partial charge is 0.449 e. The number of alkyl carbamates (subject to hydrolysis) is 1. The van der Waals surface area contributed by atoms with Crippen LogP contribution in [0.1, 0.15) is 91.9 Å². The summed E-state index contributed by atoms with van der Waals surface area (Å²) in [6, 6.07) is 0.292. The van der Waals surface area contributed by atoms with Crippen molar-refractivity contribution < 1.29 is 14.3 Å². The number of carbonyl (C=O) groups is 1. The first-order chi connectivity index (χ1) is 14.0. The van der Waals surface area contributed by atoms with Crippen molar-refractivity contribution >= 4 is 6.09 Å². The van der Waals surface area contributed by atoms with Gasteiger partial charge in [0.25, 0.3) is 0 Å². The van der Waals surface area contributed by atoms with E-state index in [1.807, 2.05) is 0 Å². The summed E-state index contributed by atoms with van der Waals surface area (Å²) in [5.41, 5.74) is 1.36. The molecule has 2 aliphatic carbocycles. The molecule has 2 fully saturated rings. The molecule has 3 rings (SSSR count). The van der Waals surface area contributed by atoms with Crippen LogP contribution in [0.5, 0.6) is 0 Å². The van der Waals surface area contributed by atoms with Crippen molar-refractivity contribution in [1.29, 1.82) is 0 Å². The summed E-state index contributed by atoms with van der Waals surface area (Å²) in [7, 11) is 0. The quantitative estimate of drug-likeness (QED) is 0.383. The first kappa shape index (κ1) is 22.7. The molecule has 3 aliphatic rings. The minimum absolute atomic E-state index is 0.103. The van der Waals surface area contributed by atoms with Gasteiger partial charge in [0, 0.05) is 17.4 Å². The number of allylic oxidation sites excluding steroid dienone is 1. The standard InChI is InChI=1S/C25H43NO3/c1-5-6-7-11-14-22-23-18(2)15-19(3)25(16-28-22,20(23)4)17-29-24(27)26-21-12-9-8-10-13-21/h15,19-23H,5-14,16-17H2,1-4H3,(H,26,27)/t19-,20+,22-,23-,25+/m0/s1. The van der Waals surface area contributed by atoms with Crippen LogP contribution in [-0.4, -0.2) is 31.5 Å². The second-order valence-corrected chi connectivity index (χ2v) is 10.0. The zero-order valence-electron chi connectivity index (χ0n) is 19.2. The lowest BCUT2D eigenvalue weighted by atomic mass is 9.56. The molecule has 1 saturated heterocycles. The highest BCUT2D eigenvalue weighted by molar-refractivity contribution is 5.67. The van der Waals surface area contributed by atoms with Gasteiger partial charge in [0.05, 0.1) is 12.7 Å². The Bertz CT molecular complexity index is 568. The lowest BCUT2D eigenvalue weighted by Crippen LogP contribution is -2.57. The third kappa shape index (κ3) is 5.18. The number of hydrogen-bond donors (Lipinski definition) is 1. The van der Waals surface area contributed by atoms with E-state index in [-0.39, 0.29) is 11.5 Å². The molecule has 1 heterocycles. The molecule has 4 nitrogen and oxygen atoms in total. The van der Waals surface area contributed by atoms with E-state index in [9.17, 15) is 4.79 Å². The second-order valence-electron chi connectivity index (χ2n) is 10.0. The Hall–Kier alpha value is -1.03. The second kappa shape index (κ2) is 10.3. The lowest BCUT2D eigenvalue weighted by molar-refractivity contribution is -0.165. The summed E-state index contributed by atoms with van der Waals surface area (Å²) in [5, 5.41) is 3.10. The first-order valence-electron chi connectivity index (χ1n) is 12.2. The minimum Gasteiger partial charge on any atom is -0.449 e. The van der Waals surface area contributed by atoms with E-state index in [0.717, 1.165) is 19.3 Å². The van der Waals surface area contributed by atoms with E-state index >= 15 is 0 Å². The Morgan fingerprint density at radius 2 is 1.97 bits per heavy atom. The van der Waals surface area contributed by atoms with Crippen molar-refractivity contribution in [2.45, 2.75) is 104 Å². The zero-order chi connectivity index (χ0) is 20.9. The van der Waals surface area contributed by atoms with Crippen LogP contribution in [0.25, 0.3) is 0 Å². The maximum absolute atomic E-state index is 12.5. The first-order valence-corrected chi connectivity index (χ1v) is 12.2. The highest BCUT2D eigenvalue weighted by atomic mass is 16.6. The SMILES string of the molecule is CCCCCC[C@@H]1OC[C@]2(COC(=O)NC3CCCCC3)[C@H](C)[C@@H]1C(C)=C[C@@H]2C. The predicted octanol–water partition coefficient (Wildman–Crippen LogP) is 6.25. The van der Waals surface area contributed by atoms with Crippen LogP contribution < -0.4 is 5.32 Å². The average molecular weight is 406 g/mol. The van der Waals surface area contributed by atoms with E-state index in [1.54, 1.807) is 0 Å². The fourth-order valence-electron chi connectivity index (χ4n) is 6.08. The van der Waals surface area contributed by atoms with Gasteiger partial charge in [-0.25, -0.2) is 4.79 Å². The van der Waals surface area contributed by atoms with Gasteiger partial charge in [0.2, 0.25) is 0 Å². The molecule has 0 aromatic carbocycles. The van der Waals surface area contributed by atoms with Crippen molar-refractivity contribution in [2.24, 2.45) is 23.2 Å². The number of nitrogens with one attached hydrogen (secondary N) is 1. The summed E-state index contributed by atoms with van der Waals surface area (Å²) in [4.78, 5) is 12.5. The maximum Gasteiger partial charge on any atom is 0.407 e. The van der Waals surface area contributed by atoms with E-state index in [0.29, 0.717) is 43.1 Å². The predicted molar refractivity (Wildman–Crippen MR) is 118 cm³/mol.